The number of hydrogen-bond acceptors (Lipinski definition) is 3. The molecule has 3 aliphatic rings. The maximum atomic E-state index is 12.7. The second-order valence-corrected chi connectivity index (χ2v) is 7.48. The van der Waals surface area contributed by atoms with Crippen molar-refractivity contribution in [3.05, 3.63) is 35.4 Å². The van der Waals surface area contributed by atoms with Gasteiger partial charge < -0.3 is 14.5 Å². The maximum absolute atomic E-state index is 12.7. The van der Waals surface area contributed by atoms with Gasteiger partial charge in [0.25, 0.3) is 0 Å². The highest BCUT2D eigenvalue weighted by Crippen LogP contribution is 2.30. The van der Waals surface area contributed by atoms with Crippen LogP contribution in [0.3, 0.4) is 0 Å². The van der Waals surface area contributed by atoms with Gasteiger partial charge in [-0.3, -0.25) is 4.79 Å². The highest BCUT2D eigenvalue weighted by atomic mass is 16.5. The molecule has 4 rings (SSSR count). The normalized spacial score (nSPS) is 28.5. The smallest absolute Gasteiger partial charge is 0.222 e. The molecule has 1 aromatic carbocycles. The fourth-order valence-corrected chi connectivity index (χ4v) is 4.43. The number of carbonyl (C=O) groups is 1. The molecule has 2 saturated heterocycles. The van der Waals surface area contributed by atoms with Gasteiger partial charge in [-0.1, -0.05) is 24.3 Å². The fourth-order valence-electron chi connectivity index (χ4n) is 4.43. The highest BCUT2D eigenvalue weighted by Gasteiger charge is 2.38. The Hall–Kier alpha value is -1.39. The van der Waals surface area contributed by atoms with E-state index in [-0.39, 0.29) is 6.10 Å². The minimum absolute atomic E-state index is 0.240. The summed E-state index contributed by atoms with van der Waals surface area (Å²) >= 11 is 0. The SMILES string of the molecule is CN1CCO[C@H]2CN(C(=O)CC3Cc4ccccc4C3)C[C@H]2C1. The first-order chi connectivity index (χ1) is 11.2. The molecule has 4 nitrogen and oxygen atoms in total. The number of likely N-dealkylation sites (tertiary alicyclic amines) is 1. The molecule has 0 unspecified atom stereocenters. The van der Waals surface area contributed by atoms with Crippen LogP contribution in [0.15, 0.2) is 24.3 Å². The van der Waals surface area contributed by atoms with Crippen LogP contribution >= 0.6 is 0 Å². The van der Waals surface area contributed by atoms with Gasteiger partial charge in [-0.05, 0) is 36.9 Å². The molecule has 4 heteroatoms. The van der Waals surface area contributed by atoms with Gasteiger partial charge in [0.05, 0.1) is 12.7 Å². The Balaban J connectivity index is 1.34. The monoisotopic (exact) mass is 314 g/mol. The Morgan fingerprint density at radius 1 is 1.17 bits per heavy atom. The first kappa shape index (κ1) is 15.2. The van der Waals surface area contributed by atoms with Crippen molar-refractivity contribution in [3.8, 4) is 0 Å². The Labute approximate surface area is 138 Å². The quantitative estimate of drug-likeness (QED) is 0.831. The molecule has 0 bridgehead atoms. The second kappa shape index (κ2) is 6.25. The summed E-state index contributed by atoms with van der Waals surface area (Å²) in [5, 5.41) is 0. The van der Waals surface area contributed by atoms with Crippen molar-refractivity contribution in [1.82, 2.24) is 9.80 Å². The van der Waals surface area contributed by atoms with Crippen LogP contribution < -0.4 is 0 Å². The van der Waals surface area contributed by atoms with Gasteiger partial charge in [0.1, 0.15) is 0 Å². The van der Waals surface area contributed by atoms with E-state index in [1.54, 1.807) is 0 Å². The van der Waals surface area contributed by atoms with Gasteiger partial charge in [-0.2, -0.15) is 0 Å². The zero-order valence-electron chi connectivity index (χ0n) is 13.9. The van der Waals surface area contributed by atoms with Crippen molar-refractivity contribution in [1.29, 1.82) is 0 Å². The summed E-state index contributed by atoms with van der Waals surface area (Å²) < 4.78 is 5.96. The Morgan fingerprint density at radius 2 is 1.91 bits per heavy atom. The van der Waals surface area contributed by atoms with E-state index < -0.39 is 0 Å². The van der Waals surface area contributed by atoms with Crippen LogP contribution in [-0.4, -0.2) is 61.6 Å². The lowest BCUT2D eigenvalue weighted by atomic mass is 10.0. The molecule has 1 aliphatic carbocycles. The maximum Gasteiger partial charge on any atom is 0.222 e. The summed E-state index contributed by atoms with van der Waals surface area (Å²) in [5.41, 5.74) is 2.86. The van der Waals surface area contributed by atoms with Crippen molar-refractivity contribution >= 4 is 5.91 Å². The third-order valence-corrected chi connectivity index (χ3v) is 5.68. The number of carbonyl (C=O) groups excluding carboxylic acids is 1. The van der Waals surface area contributed by atoms with Gasteiger partial charge in [0.15, 0.2) is 0 Å². The third-order valence-electron chi connectivity index (χ3n) is 5.68. The van der Waals surface area contributed by atoms with Crippen molar-refractivity contribution in [3.63, 3.8) is 0 Å². The number of amides is 1. The zero-order valence-corrected chi connectivity index (χ0v) is 13.9. The Bertz CT molecular complexity index is 563. The fraction of sp³-hybridized carbons (Fsp3) is 0.632. The molecular weight excluding hydrogens is 288 g/mol. The van der Waals surface area contributed by atoms with E-state index in [0.717, 1.165) is 45.6 Å². The molecule has 0 radical (unpaired) electrons. The molecule has 2 heterocycles. The van der Waals surface area contributed by atoms with Crippen LogP contribution in [0.25, 0.3) is 0 Å². The van der Waals surface area contributed by atoms with Crippen LogP contribution in [0.5, 0.6) is 0 Å². The summed E-state index contributed by atoms with van der Waals surface area (Å²) in [7, 11) is 2.14. The van der Waals surface area contributed by atoms with Gasteiger partial charge in [0.2, 0.25) is 5.91 Å². The molecule has 0 aromatic heterocycles. The largest absolute Gasteiger partial charge is 0.375 e. The predicted molar refractivity (Wildman–Crippen MR) is 89.3 cm³/mol. The molecule has 0 saturated carbocycles. The highest BCUT2D eigenvalue weighted by molar-refractivity contribution is 5.77. The molecule has 2 aliphatic heterocycles. The number of benzene rings is 1. The van der Waals surface area contributed by atoms with Crippen LogP contribution in [-0.2, 0) is 22.4 Å². The van der Waals surface area contributed by atoms with Crippen molar-refractivity contribution < 1.29 is 9.53 Å². The second-order valence-electron chi connectivity index (χ2n) is 7.48. The molecule has 2 fully saturated rings. The van der Waals surface area contributed by atoms with Crippen molar-refractivity contribution in [2.45, 2.75) is 25.4 Å². The molecular formula is C19H26N2O2. The first-order valence-corrected chi connectivity index (χ1v) is 8.84. The number of nitrogens with zero attached hydrogens (tertiary/aromatic N) is 2. The van der Waals surface area contributed by atoms with E-state index in [1.807, 2.05) is 0 Å². The van der Waals surface area contributed by atoms with Gasteiger partial charge >= 0.3 is 0 Å². The third kappa shape index (κ3) is 3.15. The number of fused-ring (bicyclic) bond motifs is 2. The average molecular weight is 314 g/mol. The lowest BCUT2D eigenvalue weighted by Crippen LogP contribution is -2.33. The molecule has 1 aromatic rings. The van der Waals surface area contributed by atoms with Gasteiger partial charge in [-0.15, -0.1) is 0 Å². The number of rotatable bonds is 2. The van der Waals surface area contributed by atoms with E-state index in [4.69, 9.17) is 4.74 Å². The molecule has 0 N–H and O–H groups in total. The predicted octanol–water partition coefficient (Wildman–Crippen LogP) is 1.58. The lowest BCUT2D eigenvalue weighted by Gasteiger charge is -2.20. The molecule has 23 heavy (non-hydrogen) atoms. The summed E-state index contributed by atoms with van der Waals surface area (Å²) in [6.45, 7) is 4.49. The number of likely N-dealkylation sites (N-methyl/N-ethyl adjacent to an activating group) is 1. The molecule has 0 spiro atoms. The van der Waals surface area contributed by atoms with Crippen molar-refractivity contribution in [2.75, 3.05) is 39.8 Å². The summed E-state index contributed by atoms with van der Waals surface area (Å²) in [5.74, 6) is 1.28. The minimum atomic E-state index is 0.240. The summed E-state index contributed by atoms with van der Waals surface area (Å²) in [4.78, 5) is 17.1. The Morgan fingerprint density at radius 3 is 2.65 bits per heavy atom. The van der Waals surface area contributed by atoms with Gasteiger partial charge in [-0.25, -0.2) is 0 Å². The molecule has 124 valence electrons. The van der Waals surface area contributed by atoms with Crippen molar-refractivity contribution in [2.24, 2.45) is 11.8 Å². The molecule has 1 amide bonds. The van der Waals surface area contributed by atoms with Gasteiger partial charge in [0, 0.05) is 38.5 Å². The standard InChI is InChI=1S/C19H26N2O2/c1-20-6-7-23-18-13-21(12-17(18)11-20)19(22)10-14-8-15-4-2-3-5-16(15)9-14/h2-5,14,17-18H,6-13H2,1H3/t17-,18+/m1/s1. The topological polar surface area (TPSA) is 32.8 Å². The van der Waals surface area contributed by atoms with Crippen LogP contribution in [0.4, 0.5) is 0 Å². The zero-order chi connectivity index (χ0) is 15.8. The van der Waals surface area contributed by atoms with E-state index in [2.05, 4.69) is 41.1 Å². The van der Waals surface area contributed by atoms with E-state index in [0.29, 0.717) is 24.2 Å². The number of ether oxygens (including phenoxy) is 1. The lowest BCUT2D eigenvalue weighted by molar-refractivity contribution is -0.131. The van der Waals surface area contributed by atoms with Crippen LogP contribution in [0, 0.1) is 11.8 Å². The van der Waals surface area contributed by atoms with E-state index in [1.165, 1.54) is 11.1 Å². The summed E-state index contributed by atoms with van der Waals surface area (Å²) in [6.07, 6.45) is 3.04. The molecule has 2 atom stereocenters. The van der Waals surface area contributed by atoms with Crippen LogP contribution in [0.1, 0.15) is 17.5 Å². The average Bonchev–Trinajstić information content (AvgIpc) is 3.07. The Kier molecular flexibility index (Phi) is 4.12. The minimum Gasteiger partial charge on any atom is -0.375 e. The van der Waals surface area contributed by atoms with Crippen LogP contribution in [0.2, 0.25) is 0 Å². The summed E-state index contributed by atoms with van der Waals surface area (Å²) in [6, 6.07) is 8.62. The number of hydrogen-bond donors (Lipinski definition) is 0. The van der Waals surface area contributed by atoms with E-state index >= 15 is 0 Å². The van der Waals surface area contributed by atoms with E-state index in [9.17, 15) is 4.79 Å². The first-order valence-electron chi connectivity index (χ1n) is 8.84.